The van der Waals surface area contributed by atoms with Gasteiger partial charge in [-0.3, -0.25) is 25.7 Å². The molecule has 3 rings (SSSR count). The Hall–Kier alpha value is -3.29. The molecule has 0 amide bonds. The van der Waals surface area contributed by atoms with Crippen LogP contribution in [0.15, 0.2) is 47.6 Å². The van der Waals surface area contributed by atoms with Crippen LogP contribution in [0.25, 0.3) is 0 Å². The van der Waals surface area contributed by atoms with Gasteiger partial charge in [0.05, 0.1) is 21.6 Å². The first-order valence-corrected chi connectivity index (χ1v) is 8.40. The molecule has 0 fully saturated rings. The Morgan fingerprint density at radius 3 is 2.46 bits per heavy atom. The van der Waals surface area contributed by atoms with Crippen molar-refractivity contribution in [1.29, 1.82) is 0 Å². The predicted molar refractivity (Wildman–Crippen MR) is 98.5 cm³/mol. The SMILES string of the molecule is O=[N+]([O-])c1ccc(N/N=C2\CCCCCc3ccccc32)c([N+](=O)[O-])c1. The van der Waals surface area contributed by atoms with E-state index in [0.29, 0.717) is 0 Å². The topological polar surface area (TPSA) is 111 Å². The van der Waals surface area contributed by atoms with Crippen LogP contribution < -0.4 is 5.43 Å². The van der Waals surface area contributed by atoms with Crippen LogP contribution >= 0.6 is 0 Å². The number of fused-ring (bicyclic) bond motifs is 1. The number of aryl methyl sites for hydroxylation is 1. The minimum Gasteiger partial charge on any atom is -0.271 e. The molecule has 8 heteroatoms. The highest BCUT2D eigenvalue weighted by Gasteiger charge is 2.20. The van der Waals surface area contributed by atoms with Crippen molar-refractivity contribution in [2.45, 2.75) is 32.1 Å². The number of hydrazone groups is 1. The second-order valence-electron chi connectivity index (χ2n) is 6.10. The van der Waals surface area contributed by atoms with Crippen LogP contribution in [0, 0.1) is 20.2 Å². The molecule has 134 valence electrons. The zero-order chi connectivity index (χ0) is 18.5. The molecule has 26 heavy (non-hydrogen) atoms. The second kappa shape index (κ2) is 7.73. The van der Waals surface area contributed by atoms with Gasteiger partial charge in [0.1, 0.15) is 5.69 Å². The molecule has 0 bridgehead atoms. The molecule has 8 nitrogen and oxygen atoms in total. The van der Waals surface area contributed by atoms with Crippen LogP contribution in [-0.4, -0.2) is 15.6 Å². The van der Waals surface area contributed by atoms with Crippen molar-refractivity contribution < 1.29 is 9.85 Å². The largest absolute Gasteiger partial charge is 0.301 e. The molecule has 2 aromatic carbocycles. The molecular weight excluding hydrogens is 336 g/mol. The van der Waals surface area contributed by atoms with E-state index >= 15 is 0 Å². The molecule has 0 aromatic heterocycles. The predicted octanol–water partition coefficient (Wildman–Crippen LogP) is 4.44. The van der Waals surface area contributed by atoms with E-state index in [2.05, 4.69) is 16.6 Å². The molecule has 0 spiro atoms. The quantitative estimate of drug-likeness (QED) is 0.644. The first-order valence-electron chi connectivity index (χ1n) is 8.40. The summed E-state index contributed by atoms with van der Waals surface area (Å²) in [5, 5.41) is 26.5. The number of hydrogen-bond donors (Lipinski definition) is 1. The summed E-state index contributed by atoms with van der Waals surface area (Å²) in [6.45, 7) is 0. The Bertz CT molecular complexity index is 879. The summed E-state index contributed by atoms with van der Waals surface area (Å²) in [4.78, 5) is 20.8. The van der Waals surface area contributed by atoms with Crippen molar-refractivity contribution in [3.8, 4) is 0 Å². The average Bonchev–Trinajstić information content (AvgIpc) is 2.61. The lowest BCUT2D eigenvalue weighted by atomic mass is 9.92. The highest BCUT2D eigenvalue weighted by molar-refractivity contribution is 6.02. The van der Waals surface area contributed by atoms with E-state index in [0.717, 1.165) is 49.4 Å². The van der Waals surface area contributed by atoms with Crippen LogP contribution in [0.2, 0.25) is 0 Å². The third-order valence-corrected chi connectivity index (χ3v) is 4.39. The summed E-state index contributed by atoms with van der Waals surface area (Å²) < 4.78 is 0. The minimum atomic E-state index is -0.659. The number of rotatable bonds is 4. The minimum absolute atomic E-state index is 0.132. The second-order valence-corrected chi connectivity index (χ2v) is 6.10. The van der Waals surface area contributed by atoms with Gasteiger partial charge in [-0.25, -0.2) is 0 Å². The zero-order valence-corrected chi connectivity index (χ0v) is 14.1. The Kier molecular flexibility index (Phi) is 5.21. The Morgan fingerprint density at radius 2 is 1.69 bits per heavy atom. The molecule has 1 N–H and O–H groups in total. The standard InChI is InChI=1S/C18H18N4O4/c23-21(24)14-10-11-17(18(12-14)22(25)26)20-19-16-9-3-1-2-6-13-7-4-5-8-15(13)16/h4-5,7-8,10-12,20H,1-3,6,9H2/b19-16+. The number of nitrogens with zero attached hydrogens (tertiary/aromatic N) is 3. The van der Waals surface area contributed by atoms with Gasteiger partial charge in [-0.15, -0.1) is 0 Å². The molecule has 0 unspecified atom stereocenters. The molecule has 0 saturated carbocycles. The first-order chi connectivity index (χ1) is 12.6. The molecule has 0 radical (unpaired) electrons. The van der Waals surface area contributed by atoms with E-state index in [9.17, 15) is 20.2 Å². The van der Waals surface area contributed by atoms with Gasteiger partial charge in [-0.05, 0) is 37.3 Å². The van der Waals surface area contributed by atoms with E-state index < -0.39 is 9.85 Å². The zero-order valence-electron chi connectivity index (χ0n) is 14.1. The third-order valence-electron chi connectivity index (χ3n) is 4.39. The molecule has 1 aliphatic carbocycles. The van der Waals surface area contributed by atoms with E-state index in [1.54, 1.807) is 0 Å². The summed E-state index contributed by atoms with van der Waals surface area (Å²) >= 11 is 0. The average molecular weight is 354 g/mol. The van der Waals surface area contributed by atoms with Gasteiger partial charge in [0.25, 0.3) is 5.69 Å². The van der Waals surface area contributed by atoms with E-state index in [-0.39, 0.29) is 17.1 Å². The highest BCUT2D eigenvalue weighted by Crippen LogP contribution is 2.29. The fourth-order valence-corrected chi connectivity index (χ4v) is 3.06. The fourth-order valence-electron chi connectivity index (χ4n) is 3.06. The monoisotopic (exact) mass is 354 g/mol. The summed E-state index contributed by atoms with van der Waals surface area (Å²) in [7, 11) is 0. The van der Waals surface area contributed by atoms with Gasteiger partial charge in [0, 0.05) is 11.6 Å². The summed E-state index contributed by atoms with van der Waals surface area (Å²) in [6, 6.07) is 11.5. The number of non-ortho nitro benzene ring substituents is 1. The van der Waals surface area contributed by atoms with E-state index in [1.165, 1.54) is 17.7 Å². The molecule has 2 aromatic rings. The van der Waals surface area contributed by atoms with Crippen LogP contribution in [0.5, 0.6) is 0 Å². The molecule has 0 heterocycles. The van der Waals surface area contributed by atoms with Crippen molar-refractivity contribution >= 4 is 22.8 Å². The molecule has 0 saturated heterocycles. The molecule has 0 atom stereocenters. The number of benzene rings is 2. The van der Waals surface area contributed by atoms with E-state index in [4.69, 9.17) is 0 Å². The van der Waals surface area contributed by atoms with Crippen LogP contribution in [-0.2, 0) is 6.42 Å². The van der Waals surface area contributed by atoms with Gasteiger partial charge >= 0.3 is 5.69 Å². The Morgan fingerprint density at radius 1 is 0.923 bits per heavy atom. The van der Waals surface area contributed by atoms with Gasteiger partial charge in [-0.2, -0.15) is 5.10 Å². The highest BCUT2D eigenvalue weighted by atomic mass is 16.6. The van der Waals surface area contributed by atoms with Crippen LogP contribution in [0.1, 0.15) is 36.8 Å². The van der Waals surface area contributed by atoms with Crippen molar-refractivity contribution in [3.63, 3.8) is 0 Å². The number of hydrogen-bond acceptors (Lipinski definition) is 6. The lowest BCUT2D eigenvalue weighted by molar-refractivity contribution is -0.393. The molecular formula is C18H18N4O4. The maximum atomic E-state index is 11.2. The smallest absolute Gasteiger partial charge is 0.271 e. The lowest BCUT2D eigenvalue weighted by Gasteiger charge is -2.16. The van der Waals surface area contributed by atoms with Gasteiger partial charge in [-0.1, -0.05) is 30.7 Å². The molecule has 0 aliphatic heterocycles. The van der Waals surface area contributed by atoms with Crippen molar-refractivity contribution in [2.24, 2.45) is 5.10 Å². The maximum Gasteiger partial charge on any atom is 0.301 e. The first kappa shape index (κ1) is 17.5. The van der Waals surface area contributed by atoms with Crippen molar-refractivity contribution in [2.75, 3.05) is 5.43 Å². The van der Waals surface area contributed by atoms with Crippen molar-refractivity contribution in [3.05, 3.63) is 73.8 Å². The summed E-state index contributed by atoms with van der Waals surface area (Å²) in [6.07, 6.45) is 4.98. The van der Waals surface area contributed by atoms with E-state index in [1.807, 2.05) is 18.2 Å². The molecule has 1 aliphatic rings. The van der Waals surface area contributed by atoms with Gasteiger partial charge in [0.2, 0.25) is 0 Å². The fraction of sp³-hybridized carbons (Fsp3) is 0.278. The number of nitro groups is 2. The van der Waals surface area contributed by atoms with Gasteiger partial charge < -0.3 is 0 Å². The Balaban J connectivity index is 1.94. The maximum absolute atomic E-state index is 11.2. The van der Waals surface area contributed by atoms with Gasteiger partial charge in [0.15, 0.2) is 0 Å². The normalized spacial score (nSPS) is 15.6. The summed E-state index contributed by atoms with van der Waals surface area (Å²) in [5.74, 6) is 0. The lowest BCUT2D eigenvalue weighted by Crippen LogP contribution is -2.11. The summed E-state index contributed by atoms with van der Waals surface area (Å²) in [5.41, 5.74) is 5.28. The third kappa shape index (κ3) is 3.85. The van der Waals surface area contributed by atoms with Crippen LogP contribution in [0.4, 0.5) is 17.1 Å². The van der Waals surface area contributed by atoms with Crippen LogP contribution in [0.3, 0.4) is 0 Å². The van der Waals surface area contributed by atoms with Crippen molar-refractivity contribution in [1.82, 2.24) is 0 Å². The number of anilines is 1. The Labute approximate surface area is 149 Å². The number of nitro benzene ring substituents is 2. The number of nitrogens with one attached hydrogen (secondary N) is 1.